The molecule has 0 saturated carbocycles. The van der Waals surface area contributed by atoms with Gasteiger partial charge in [0, 0.05) is 19.1 Å². The summed E-state index contributed by atoms with van der Waals surface area (Å²) in [6.45, 7) is 8.01. The van der Waals surface area contributed by atoms with Crippen LogP contribution in [-0.2, 0) is 23.7 Å². The molecule has 2 atom stereocenters. The van der Waals surface area contributed by atoms with Gasteiger partial charge in [-0.2, -0.15) is 26.3 Å². The lowest BCUT2D eigenvalue weighted by Crippen LogP contribution is -2.60. The molecule has 0 bridgehead atoms. The average Bonchev–Trinajstić information content (AvgIpc) is 2.55. The third-order valence-electron chi connectivity index (χ3n) is 5.03. The van der Waals surface area contributed by atoms with Crippen LogP contribution in [0.3, 0.4) is 0 Å². The quantitative estimate of drug-likeness (QED) is 0.596. The molecule has 1 fully saturated rings. The molecular weight excluding hydrogens is 410 g/mol. The zero-order chi connectivity index (χ0) is 22.9. The topological polar surface area (TPSA) is 32.3 Å². The van der Waals surface area contributed by atoms with Gasteiger partial charge in [-0.3, -0.25) is 9.69 Å². The molecule has 1 aliphatic rings. The number of halogens is 6. The zero-order valence-corrected chi connectivity index (χ0v) is 17.5. The van der Waals surface area contributed by atoms with Gasteiger partial charge in [0.05, 0.1) is 17.2 Å². The number of hydrogen-bond acceptors (Lipinski definition) is 2. The predicted octanol–water partition coefficient (Wildman–Crippen LogP) is 5.49. The normalized spacial score (nSPS) is 21.4. The Morgan fingerprint density at radius 2 is 1.43 bits per heavy atom. The molecule has 30 heavy (non-hydrogen) atoms. The molecule has 0 spiro atoms. The third kappa shape index (κ3) is 6.62. The first kappa shape index (κ1) is 24.5. The molecule has 0 aliphatic carbocycles. The van der Waals surface area contributed by atoms with Crippen molar-refractivity contribution in [3.05, 3.63) is 34.9 Å². The Bertz CT molecular complexity index is 710. The maximum absolute atomic E-state index is 13.2. The van der Waals surface area contributed by atoms with Crippen LogP contribution in [0.15, 0.2) is 18.2 Å². The molecule has 3 nitrogen and oxygen atoms in total. The lowest BCUT2D eigenvalue weighted by molar-refractivity contribution is -0.143. The first-order valence-electron chi connectivity index (χ1n) is 9.99. The number of alkyl halides is 6. The molecule has 2 rings (SSSR count). The molecule has 1 aliphatic heterocycles. The van der Waals surface area contributed by atoms with Crippen molar-refractivity contribution < 1.29 is 31.1 Å². The van der Waals surface area contributed by atoms with Gasteiger partial charge in [0.15, 0.2) is 0 Å². The zero-order valence-electron chi connectivity index (χ0n) is 17.5. The number of carbonyl (C=O) groups excluding carboxylic acids is 1. The Hall–Kier alpha value is -1.77. The highest BCUT2D eigenvalue weighted by Crippen LogP contribution is 2.37. The lowest BCUT2D eigenvalue weighted by Gasteiger charge is -2.41. The number of carbonyl (C=O) groups is 1. The maximum Gasteiger partial charge on any atom is 0.416 e. The first-order chi connectivity index (χ1) is 13.7. The van der Waals surface area contributed by atoms with Crippen LogP contribution in [0, 0.1) is 11.8 Å². The van der Waals surface area contributed by atoms with Gasteiger partial charge in [0.2, 0.25) is 5.91 Å². The maximum atomic E-state index is 13.2. The number of nitrogens with zero attached hydrogens (tertiary/aromatic N) is 1. The minimum atomic E-state index is -4.90. The molecule has 1 aromatic rings. The minimum absolute atomic E-state index is 0.107. The van der Waals surface area contributed by atoms with E-state index in [2.05, 4.69) is 5.32 Å². The predicted molar refractivity (Wildman–Crippen MR) is 101 cm³/mol. The van der Waals surface area contributed by atoms with Crippen molar-refractivity contribution in [3.63, 3.8) is 0 Å². The fraction of sp³-hybridized carbons (Fsp3) is 0.667. The fourth-order valence-electron chi connectivity index (χ4n) is 3.84. The first-order valence-corrected chi connectivity index (χ1v) is 9.99. The summed E-state index contributed by atoms with van der Waals surface area (Å²) < 4.78 is 79.1. The summed E-state index contributed by atoms with van der Waals surface area (Å²) in [4.78, 5) is 14.4. The van der Waals surface area contributed by atoms with Crippen molar-refractivity contribution in [1.29, 1.82) is 0 Å². The van der Waals surface area contributed by atoms with Crippen LogP contribution in [0.2, 0.25) is 0 Å². The highest BCUT2D eigenvalue weighted by Gasteiger charge is 2.38. The number of piperazine rings is 1. The molecule has 170 valence electrons. The van der Waals surface area contributed by atoms with Crippen LogP contribution in [-0.4, -0.2) is 29.4 Å². The summed E-state index contributed by atoms with van der Waals surface area (Å²) in [7, 11) is 0. The van der Waals surface area contributed by atoms with Gasteiger partial charge >= 0.3 is 12.4 Å². The molecule has 1 N–H and O–H groups in total. The Morgan fingerprint density at radius 1 is 0.933 bits per heavy atom. The minimum Gasteiger partial charge on any atom is -0.351 e. The van der Waals surface area contributed by atoms with E-state index in [-0.39, 0.29) is 42.0 Å². The summed E-state index contributed by atoms with van der Waals surface area (Å²) in [5.74, 6) is 0.185. The number of hydrogen-bond donors (Lipinski definition) is 1. The Balaban J connectivity index is 2.40. The standard InChI is InChI=1S/C21H28F6N2O/c1-12(2)5-17-11-29(18(6-13(3)4)19(30)28-17)10-14-7-15(20(22,23)24)9-16(8-14)21(25,26)27/h7-9,12-13,17-18H,5-6,10-11H2,1-4H3,(H,28,30)/t17-,18-/m0/s1. The van der Waals surface area contributed by atoms with Crippen LogP contribution in [0.25, 0.3) is 0 Å². The van der Waals surface area contributed by atoms with Gasteiger partial charge in [0.25, 0.3) is 0 Å². The van der Waals surface area contributed by atoms with E-state index >= 15 is 0 Å². The Morgan fingerprint density at radius 3 is 1.87 bits per heavy atom. The van der Waals surface area contributed by atoms with Crippen molar-refractivity contribution in [3.8, 4) is 0 Å². The monoisotopic (exact) mass is 438 g/mol. The van der Waals surface area contributed by atoms with Gasteiger partial charge in [-0.1, -0.05) is 27.7 Å². The van der Waals surface area contributed by atoms with E-state index in [0.29, 0.717) is 19.4 Å². The van der Waals surface area contributed by atoms with Crippen LogP contribution in [0.1, 0.15) is 57.2 Å². The average molecular weight is 438 g/mol. The highest BCUT2D eigenvalue weighted by atomic mass is 19.4. The molecule has 0 aromatic heterocycles. The SMILES string of the molecule is CC(C)C[C@H]1CN(Cc2cc(C(F)(F)F)cc(C(F)(F)F)c2)[C@@H](CC(C)C)C(=O)N1. The molecule has 1 amide bonds. The van der Waals surface area contributed by atoms with Crippen LogP contribution in [0.5, 0.6) is 0 Å². The van der Waals surface area contributed by atoms with Gasteiger partial charge in [-0.15, -0.1) is 0 Å². The van der Waals surface area contributed by atoms with E-state index in [0.717, 1.165) is 12.1 Å². The summed E-state index contributed by atoms with van der Waals surface area (Å²) >= 11 is 0. The summed E-state index contributed by atoms with van der Waals surface area (Å²) in [6.07, 6.45) is -8.65. The number of nitrogens with one attached hydrogen (secondary N) is 1. The number of amides is 1. The number of rotatable bonds is 6. The van der Waals surface area contributed by atoms with Crippen molar-refractivity contribution >= 4 is 5.91 Å². The van der Waals surface area contributed by atoms with Gasteiger partial charge in [-0.05, 0) is 48.4 Å². The summed E-state index contributed by atoms with van der Waals surface area (Å²) in [5, 5.41) is 2.95. The van der Waals surface area contributed by atoms with Crippen molar-refractivity contribution in [1.82, 2.24) is 10.2 Å². The van der Waals surface area contributed by atoms with Crippen molar-refractivity contribution in [2.24, 2.45) is 11.8 Å². The summed E-state index contributed by atoms with van der Waals surface area (Å²) in [5.41, 5.74) is -2.79. The largest absolute Gasteiger partial charge is 0.416 e. The van der Waals surface area contributed by atoms with Gasteiger partial charge in [0.1, 0.15) is 0 Å². The second kappa shape index (κ2) is 9.16. The lowest BCUT2D eigenvalue weighted by atomic mass is 9.94. The van der Waals surface area contributed by atoms with Gasteiger partial charge < -0.3 is 5.32 Å². The Kier molecular flexibility index (Phi) is 7.48. The summed E-state index contributed by atoms with van der Waals surface area (Å²) in [6, 6.07) is 0.808. The van der Waals surface area contributed by atoms with Crippen LogP contribution < -0.4 is 5.32 Å². The second-order valence-corrected chi connectivity index (χ2v) is 8.82. The van der Waals surface area contributed by atoms with Crippen LogP contribution >= 0.6 is 0 Å². The van der Waals surface area contributed by atoms with E-state index in [1.165, 1.54) is 0 Å². The second-order valence-electron chi connectivity index (χ2n) is 8.82. The molecule has 1 aromatic carbocycles. The van der Waals surface area contributed by atoms with Crippen molar-refractivity contribution in [2.45, 2.75) is 71.5 Å². The van der Waals surface area contributed by atoms with Crippen LogP contribution in [0.4, 0.5) is 26.3 Å². The molecule has 0 radical (unpaired) electrons. The molecule has 1 saturated heterocycles. The molecule has 1 heterocycles. The molecular formula is C21H28F6N2O. The van der Waals surface area contributed by atoms with Crippen molar-refractivity contribution in [2.75, 3.05) is 6.54 Å². The van der Waals surface area contributed by atoms with E-state index in [1.54, 1.807) is 4.90 Å². The third-order valence-corrected chi connectivity index (χ3v) is 5.03. The van der Waals surface area contributed by atoms with E-state index < -0.39 is 29.5 Å². The van der Waals surface area contributed by atoms with E-state index in [4.69, 9.17) is 0 Å². The van der Waals surface area contributed by atoms with Gasteiger partial charge in [-0.25, -0.2) is 0 Å². The fourth-order valence-corrected chi connectivity index (χ4v) is 3.84. The number of benzene rings is 1. The van der Waals surface area contributed by atoms with E-state index in [1.807, 2.05) is 27.7 Å². The Labute approximate surface area is 172 Å². The highest BCUT2D eigenvalue weighted by molar-refractivity contribution is 5.82. The van der Waals surface area contributed by atoms with E-state index in [9.17, 15) is 31.1 Å². The molecule has 0 unspecified atom stereocenters. The molecule has 9 heteroatoms. The smallest absolute Gasteiger partial charge is 0.351 e.